The largest absolute Gasteiger partial charge is 0.573 e. The van der Waals surface area contributed by atoms with Gasteiger partial charge in [0.1, 0.15) is 11.6 Å². The van der Waals surface area contributed by atoms with Gasteiger partial charge in [-0.2, -0.15) is 5.26 Å². The molecule has 0 saturated carbocycles. The number of alkyl halides is 3. The summed E-state index contributed by atoms with van der Waals surface area (Å²) in [5.74, 6) is -1.24. The third-order valence-electron chi connectivity index (χ3n) is 2.82. The number of rotatable bonds is 2. The van der Waals surface area contributed by atoms with Crippen LogP contribution in [0.4, 0.5) is 17.6 Å². The maximum Gasteiger partial charge on any atom is 0.573 e. The highest BCUT2D eigenvalue weighted by Gasteiger charge is 2.32. The first kappa shape index (κ1) is 14.9. The Morgan fingerprint density at radius 1 is 1.10 bits per heavy atom. The van der Waals surface area contributed by atoms with E-state index in [-0.39, 0.29) is 16.7 Å². The van der Waals surface area contributed by atoms with Crippen LogP contribution in [-0.4, -0.2) is 6.36 Å². The van der Waals surface area contributed by atoms with E-state index in [1.54, 1.807) is 6.07 Å². The second-order valence-electron chi connectivity index (χ2n) is 4.31. The minimum absolute atomic E-state index is 0.00828. The Morgan fingerprint density at radius 2 is 1.81 bits per heavy atom. The van der Waals surface area contributed by atoms with Crippen molar-refractivity contribution in [1.82, 2.24) is 0 Å². The molecule has 0 radical (unpaired) electrons. The molecule has 0 heterocycles. The zero-order valence-electron chi connectivity index (χ0n) is 10.8. The molecular weight excluding hydrogens is 286 g/mol. The molecule has 0 unspecified atom stereocenters. The van der Waals surface area contributed by atoms with Gasteiger partial charge in [0.25, 0.3) is 0 Å². The van der Waals surface area contributed by atoms with E-state index < -0.39 is 17.9 Å². The van der Waals surface area contributed by atoms with Crippen molar-refractivity contribution in [1.29, 1.82) is 5.26 Å². The summed E-state index contributed by atoms with van der Waals surface area (Å²) in [6.07, 6.45) is -4.93. The van der Waals surface area contributed by atoms with Gasteiger partial charge in [-0.05, 0) is 30.7 Å². The van der Waals surface area contributed by atoms with Gasteiger partial charge in [-0.15, -0.1) is 13.2 Å². The second kappa shape index (κ2) is 5.44. The second-order valence-corrected chi connectivity index (χ2v) is 4.31. The van der Waals surface area contributed by atoms with E-state index in [9.17, 15) is 17.6 Å². The first-order valence-electron chi connectivity index (χ1n) is 5.87. The average Bonchev–Trinajstić information content (AvgIpc) is 2.40. The summed E-state index contributed by atoms with van der Waals surface area (Å²) >= 11 is 0. The van der Waals surface area contributed by atoms with Gasteiger partial charge in [0, 0.05) is 11.1 Å². The van der Waals surface area contributed by atoms with Crippen molar-refractivity contribution >= 4 is 0 Å². The normalized spacial score (nSPS) is 11.0. The minimum atomic E-state index is -4.93. The van der Waals surface area contributed by atoms with Crippen LogP contribution in [0.3, 0.4) is 0 Å². The summed E-state index contributed by atoms with van der Waals surface area (Å²) in [5.41, 5.74) is 0.215. The van der Waals surface area contributed by atoms with Crippen LogP contribution in [0.5, 0.6) is 5.75 Å². The van der Waals surface area contributed by atoms with Crippen molar-refractivity contribution in [2.75, 3.05) is 0 Å². The maximum atomic E-state index is 14.1. The van der Waals surface area contributed by atoms with Gasteiger partial charge in [-0.3, -0.25) is 0 Å². The Bertz CT molecular complexity index is 717. The fraction of sp³-hybridized carbons (Fsp3) is 0.133. The highest BCUT2D eigenvalue weighted by molar-refractivity contribution is 5.72. The standard InChI is InChI=1S/C15H9F4NO/c1-9-3-2-4-12(14(9)16)11-6-5-10(8-20)7-13(11)21-15(17,18)19/h2-7H,1H3. The van der Waals surface area contributed by atoms with Crippen LogP contribution in [0, 0.1) is 24.1 Å². The number of hydrogen-bond donors (Lipinski definition) is 0. The van der Waals surface area contributed by atoms with Gasteiger partial charge in [-0.1, -0.05) is 18.2 Å². The molecular formula is C15H9F4NO. The lowest BCUT2D eigenvalue weighted by Gasteiger charge is -2.14. The zero-order valence-corrected chi connectivity index (χ0v) is 10.8. The molecule has 0 fully saturated rings. The summed E-state index contributed by atoms with van der Waals surface area (Å²) in [6, 6.07) is 9.58. The van der Waals surface area contributed by atoms with E-state index in [0.717, 1.165) is 6.07 Å². The Labute approximate surface area is 118 Å². The third kappa shape index (κ3) is 3.31. The number of nitriles is 1. The molecule has 2 rings (SSSR count). The van der Waals surface area contributed by atoms with Gasteiger partial charge < -0.3 is 4.74 Å². The molecule has 21 heavy (non-hydrogen) atoms. The third-order valence-corrected chi connectivity index (χ3v) is 2.82. The lowest BCUT2D eigenvalue weighted by molar-refractivity contribution is -0.274. The number of benzene rings is 2. The topological polar surface area (TPSA) is 33.0 Å². The number of nitrogens with zero attached hydrogens (tertiary/aromatic N) is 1. The van der Waals surface area contributed by atoms with E-state index in [4.69, 9.17) is 5.26 Å². The zero-order chi connectivity index (χ0) is 15.6. The summed E-state index contributed by atoms with van der Waals surface area (Å²) in [5, 5.41) is 8.76. The molecule has 0 spiro atoms. The fourth-order valence-corrected chi connectivity index (χ4v) is 1.88. The minimum Gasteiger partial charge on any atom is -0.405 e. The summed E-state index contributed by atoms with van der Waals surface area (Å²) < 4.78 is 55.3. The Balaban J connectivity index is 2.63. The van der Waals surface area contributed by atoms with Crippen molar-refractivity contribution in [3.63, 3.8) is 0 Å². The van der Waals surface area contributed by atoms with Crippen molar-refractivity contribution < 1.29 is 22.3 Å². The molecule has 0 aliphatic heterocycles. The molecule has 0 atom stereocenters. The van der Waals surface area contributed by atoms with Crippen molar-refractivity contribution in [2.24, 2.45) is 0 Å². The molecule has 2 aromatic carbocycles. The molecule has 2 nitrogen and oxygen atoms in total. The first-order valence-corrected chi connectivity index (χ1v) is 5.87. The molecule has 0 aromatic heterocycles. The first-order chi connectivity index (χ1) is 9.81. The van der Waals surface area contributed by atoms with E-state index in [1.807, 2.05) is 0 Å². The van der Waals surface area contributed by atoms with Crippen LogP contribution in [0.2, 0.25) is 0 Å². The SMILES string of the molecule is Cc1cccc(-c2ccc(C#N)cc2OC(F)(F)F)c1F. The van der Waals surface area contributed by atoms with Gasteiger partial charge >= 0.3 is 6.36 Å². The molecule has 6 heteroatoms. The van der Waals surface area contributed by atoms with E-state index >= 15 is 0 Å². The Hall–Kier alpha value is -2.55. The highest BCUT2D eigenvalue weighted by Crippen LogP contribution is 2.36. The lowest BCUT2D eigenvalue weighted by atomic mass is 10.0. The lowest BCUT2D eigenvalue weighted by Crippen LogP contribution is -2.17. The van der Waals surface area contributed by atoms with Crippen LogP contribution in [0.15, 0.2) is 36.4 Å². The van der Waals surface area contributed by atoms with E-state index in [1.165, 1.54) is 37.3 Å². The van der Waals surface area contributed by atoms with Gasteiger partial charge in [0.2, 0.25) is 0 Å². The quantitative estimate of drug-likeness (QED) is 0.760. The summed E-state index contributed by atoms with van der Waals surface area (Å²) in [4.78, 5) is 0. The van der Waals surface area contributed by atoms with Crippen LogP contribution in [-0.2, 0) is 0 Å². The molecule has 0 N–H and O–H groups in total. The summed E-state index contributed by atoms with van der Waals surface area (Å²) in [6.45, 7) is 1.51. The van der Waals surface area contributed by atoms with Crippen LogP contribution < -0.4 is 4.74 Å². The monoisotopic (exact) mass is 295 g/mol. The van der Waals surface area contributed by atoms with E-state index in [2.05, 4.69) is 4.74 Å². The van der Waals surface area contributed by atoms with Crippen LogP contribution in [0.25, 0.3) is 11.1 Å². The molecule has 108 valence electrons. The number of aryl methyl sites for hydroxylation is 1. The van der Waals surface area contributed by atoms with Gasteiger partial charge in [-0.25, -0.2) is 4.39 Å². The average molecular weight is 295 g/mol. The number of hydrogen-bond acceptors (Lipinski definition) is 2. The van der Waals surface area contributed by atoms with Gasteiger partial charge in [0.05, 0.1) is 11.6 Å². The highest BCUT2D eigenvalue weighted by atomic mass is 19.4. The number of ether oxygens (including phenoxy) is 1. The van der Waals surface area contributed by atoms with Gasteiger partial charge in [0.15, 0.2) is 0 Å². The van der Waals surface area contributed by atoms with Crippen molar-refractivity contribution in [3.8, 4) is 22.9 Å². The molecule has 0 amide bonds. The molecule has 2 aromatic rings. The molecule has 0 aliphatic carbocycles. The molecule has 0 saturated heterocycles. The Morgan fingerprint density at radius 3 is 2.43 bits per heavy atom. The van der Waals surface area contributed by atoms with E-state index in [0.29, 0.717) is 5.56 Å². The maximum absolute atomic E-state index is 14.1. The predicted octanol–water partition coefficient (Wildman–Crippen LogP) is 4.57. The number of halogens is 4. The van der Waals surface area contributed by atoms with Crippen molar-refractivity contribution in [3.05, 3.63) is 53.3 Å². The fourth-order valence-electron chi connectivity index (χ4n) is 1.88. The molecule has 0 bridgehead atoms. The Kier molecular flexibility index (Phi) is 3.85. The predicted molar refractivity (Wildman–Crippen MR) is 68.0 cm³/mol. The van der Waals surface area contributed by atoms with Crippen LogP contribution in [0.1, 0.15) is 11.1 Å². The summed E-state index contributed by atoms with van der Waals surface area (Å²) in [7, 11) is 0. The van der Waals surface area contributed by atoms with Crippen molar-refractivity contribution in [2.45, 2.75) is 13.3 Å². The molecule has 0 aliphatic rings. The van der Waals surface area contributed by atoms with Crippen LogP contribution >= 0.6 is 0 Å². The smallest absolute Gasteiger partial charge is 0.405 e.